The van der Waals surface area contributed by atoms with Crippen molar-refractivity contribution in [1.82, 2.24) is 0 Å². The average molecular weight is 440 g/mol. The zero-order chi connectivity index (χ0) is 23.3. The molecular weight excluding hydrogens is 416 g/mol. The van der Waals surface area contributed by atoms with E-state index in [4.69, 9.17) is 18.9 Å². The van der Waals surface area contributed by atoms with Crippen molar-refractivity contribution in [3.05, 3.63) is 71.8 Å². The number of benzene rings is 2. The van der Waals surface area contributed by atoms with Gasteiger partial charge in [0.25, 0.3) is 0 Å². The van der Waals surface area contributed by atoms with E-state index in [1.165, 1.54) is 38.3 Å². The molecule has 0 aromatic heterocycles. The van der Waals surface area contributed by atoms with Gasteiger partial charge in [-0.15, -0.1) is 0 Å². The van der Waals surface area contributed by atoms with E-state index in [9.17, 15) is 19.5 Å². The third-order valence-corrected chi connectivity index (χ3v) is 3.98. The molecule has 0 saturated carbocycles. The predicted molar refractivity (Wildman–Crippen MR) is 117 cm³/mol. The first-order valence-corrected chi connectivity index (χ1v) is 9.66. The van der Waals surface area contributed by atoms with Gasteiger partial charge in [-0.1, -0.05) is 36.4 Å². The van der Waals surface area contributed by atoms with Crippen LogP contribution in [0.2, 0.25) is 0 Å². The van der Waals surface area contributed by atoms with E-state index < -0.39 is 24.0 Å². The highest BCUT2D eigenvalue weighted by Gasteiger charge is 2.16. The molecular formula is C24H24O8. The Bertz CT molecular complexity index is 979. The Labute approximate surface area is 185 Å². The lowest BCUT2D eigenvalue weighted by Gasteiger charge is -2.16. The average Bonchev–Trinajstić information content (AvgIpc) is 2.79. The fourth-order valence-electron chi connectivity index (χ4n) is 2.49. The Kier molecular flexibility index (Phi) is 9.52. The van der Waals surface area contributed by atoms with Gasteiger partial charge in [0.15, 0.2) is 17.6 Å². The summed E-state index contributed by atoms with van der Waals surface area (Å²) in [6.45, 7) is 0.630. The molecule has 0 amide bonds. The normalized spacial score (nSPS) is 11.8. The summed E-state index contributed by atoms with van der Waals surface area (Å²) in [6.07, 6.45) is 4.53. The number of aromatic hydroxyl groups is 1. The van der Waals surface area contributed by atoms with Crippen LogP contribution in [-0.4, -0.2) is 49.4 Å². The number of phenols is 1. The van der Waals surface area contributed by atoms with E-state index in [1.807, 2.05) is 30.3 Å². The summed E-state index contributed by atoms with van der Waals surface area (Å²) in [4.78, 5) is 35.1. The third-order valence-electron chi connectivity index (χ3n) is 3.98. The van der Waals surface area contributed by atoms with E-state index in [-0.39, 0.29) is 24.7 Å². The van der Waals surface area contributed by atoms with Gasteiger partial charge >= 0.3 is 17.9 Å². The lowest BCUT2D eigenvalue weighted by atomic mass is 10.2. The van der Waals surface area contributed by atoms with Crippen molar-refractivity contribution in [2.75, 3.05) is 20.3 Å². The van der Waals surface area contributed by atoms with Crippen molar-refractivity contribution in [3.8, 4) is 11.5 Å². The number of hydrogen-bond donors (Lipinski definition) is 1. The Morgan fingerprint density at radius 1 is 0.906 bits per heavy atom. The van der Waals surface area contributed by atoms with E-state index in [2.05, 4.69) is 0 Å². The van der Waals surface area contributed by atoms with E-state index in [0.717, 1.165) is 5.56 Å². The first-order valence-electron chi connectivity index (χ1n) is 9.66. The second-order valence-electron chi connectivity index (χ2n) is 6.50. The SMILES string of the molecule is COc1cc(/C=C/C(=O)OCC(COC(=O)/C=C/c2ccccc2)OC(C)=O)ccc1O. The van der Waals surface area contributed by atoms with Crippen molar-refractivity contribution in [2.45, 2.75) is 13.0 Å². The summed E-state index contributed by atoms with van der Waals surface area (Å²) >= 11 is 0. The summed E-state index contributed by atoms with van der Waals surface area (Å²) < 4.78 is 20.2. The Morgan fingerprint density at radius 3 is 2.06 bits per heavy atom. The van der Waals surface area contributed by atoms with Crippen LogP contribution in [0, 0.1) is 0 Å². The standard InChI is InChI=1S/C24H24O8/c1-17(25)32-20(15-30-23(27)12-9-18-6-4-3-5-7-18)16-31-24(28)13-10-19-8-11-21(26)22(14-19)29-2/h3-14,20,26H,15-16H2,1-2H3/b12-9+,13-10+. The molecule has 32 heavy (non-hydrogen) atoms. The number of rotatable bonds is 10. The fourth-order valence-corrected chi connectivity index (χ4v) is 2.49. The van der Waals surface area contributed by atoms with Crippen LogP contribution < -0.4 is 4.74 Å². The van der Waals surface area contributed by atoms with Gasteiger partial charge in [0.05, 0.1) is 7.11 Å². The Balaban J connectivity index is 1.85. The van der Waals surface area contributed by atoms with E-state index in [1.54, 1.807) is 18.2 Å². The summed E-state index contributed by atoms with van der Waals surface area (Å²) in [5, 5.41) is 9.59. The molecule has 2 aromatic rings. The van der Waals surface area contributed by atoms with Crippen LogP contribution in [0.15, 0.2) is 60.7 Å². The van der Waals surface area contributed by atoms with Crippen LogP contribution >= 0.6 is 0 Å². The molecule has 168 valence electrons. The highest BCUT2D eigenvalue weighted by molar-refractivity contribution is 5.87. The van der Waals surface area contributed by atoms with E-state index >= 15 is 0 Å². The molecule has 0 aliphatic carbocycles. The second kappa shape index (κ2) is 12.6. The topological polar surface area (TPSA) is 108 Å². The lowest BCUT2D eigenvalue weighted by Crippen LogP contribution is -2.29. The second-order valence-corrected chi connectivity index (χ2v) is 6.50. The van der Waals surface area contributed by atoms with Gasteiger partial charge in [-0.25, -0.2) is 9.59 Å². The number of carbonyl (C=O) groups excluding carboxylic acids is 3. The maximum atomic E-state index is 12.0. The maximum Gasteiger partial charge on any atom is 0.330 e. The van der Waals surface area contributed by atoms with Crippen LogP contribution in [0.5, 0.6) is 11.5 Å². The third kappa shape index (κ3) is 8.74. The molecule has 1 atom stereocenters. The van der Waals surface area contributed by atoms with Gasteiger partial charge in [-0.05, 0) is 35.4 Å². The lowest BCUT2D eigenvalue weighted by molar-refractivity contribution is -0.162. The molecule has 0 radical (unpaired) electrons. The number of esters is 3. The van der Waals surface area contributed by atoms with Gasteiger partial charge < -0.3 is 24.1 Å². The molecule has 0 heterocycles. The van der Waals surface area contributed by atoms with Gasteiger partial charge in [-0.3, -0.25) is 4.79 Å². The molecule has 8 nitrogen and oxygen atoms in total. The zero-order valence-corrected chi connectivity index (χ0v) is 17.7. The number of ether oxygens (including phenoxy) is 4. The minimum Gasteiger partial charge on any atom is -0.504 e. The first-order chi connectivity index (χ1) is 15.4. The van der Waals surface area contributed by atoms with Gasteiger partial charge in [-0.2, -0.15) is 0 Å². The molecule has 0 spiro atoms. The van der Waals surface area contributed by atoms with Crippen LogP contribution in [0.3, 0.4) is 0 Å². The highest BCUT2D eigenvalue weighted by atomic mass is 16.6. The molecule has 2 aromatic carbocycles. The first kappa shape index (κ1) is 24.2. The van der Waals surface area contributed by atoms with Crippen molar-refractivity contribution in [3.63, 3.8) is 0 Å². The van der Waals surface area contributed by atoms with Crippen LogP contribution in [-0.2, 0) is 28.6 Å². The summed E-state index contributed by atoms with van der Waals surface area (Å²) in [5.41, 5.74) is 1.43. The molecule has 0 aliphatic rings. The molecule has 0 saturated heterocycles. The molecule has 1 unspecified atom stereocenters. The monoisotopic (exact) mass is 440 g/mol. The van der Waals surface area contributed by atoms with Gasteiger partial charge in [0.2, 0.25) is 0 Å². The Morgan fingerprint density at radius 2 is 1.50 bits per heavy atom. The van der Waals surface area contributed by atoms with Gasteiger partial charge in [0, 0.05) is 19.1 Å². The predicted octanol–water partition coefficient (Wildman–Crippen LogP) is 3.15. The minimum absolute atomic E-state index is 0.0235. The van der Waals surface area contributed by atoms with Crippen LogP contribution in [0.1, 0.15) is 18.1 Å². The minimum atomic E-state index is -0.951. The fraction of sp³-hybridized carbons (Fsp3) is 0.208. The summed E-state index contributed by atoms with van der Waals surface area (Å²) in [6, 6.07) is 13.7. The number of carbonyl (C=O) groups is 3. The summed E-state index contributed by atoms with van der Waals surface area (Å²) in [5.74, 6) is -1.68. The zero-order valence-electron chi connectivity index (χ0n) is 17.7. The molecule has 2 rings (SSSR count). The number of methoxy groups -OCH3 is 1. The quantitative estimate of drug-likeness (QED) is 0.341. The smallest absolute Gasteiger partial charge is 0.330 e. The maximum absolute atomic E-state index is 12.0. The largest absolute Gasteiger partial charge is 0.504 e. The van der Waals surface area contributed by atoms with Crippen molar-refractivity contribution in [2.24, 2.45) is 0 Å². The molecule has 1 N–H and O–H groups in total. The number of hydrogen-bond acceptors (Lipinski definition) is 8. The number of phenolic OH excluding ortho intramolecular Hbond substituents is 1. The van der Waals surface area contributed by atoms with Crippen LogP contribution in [0.4, 0.5) is 0 Å². The Hall–Kier alpha value is -4.07. The highest BCUT2D eigenvalue weighted by Crippen LogP contribution is 2.26. The van der Waals surface area contributed by atoms with E-state index in [0.29, 0.717) is 5.56 Å². The van der Waals surface area contributed by atoms with Crippen molar-refractivity contribution >= 4 is 30.1 Å². The van der Waals surface area contributed by atoms with Crippen LogP contribution in [0.25, 0.3) is 12.2 Å². The molecule has 0 aliphatic heterocycles. The molecule has 8 heteroatoms. The van der Waals surface area contributed by atoms with Gasteiger partial charge in [0.1, 0.15) is 13.2 Å². The molecule has 0 bridgehead atoms. The molecule has 0 fully saturated rings. The summed E-state index contributed by atoms with van der Waals surface area (Å²) in [7, 11) is 1.41. The van der Waals surface area contributed by atoms with Crippen molar-refractivity contribution < 1.29 is 38.4 Å². The van der Waals surface area contributed by atoms with Crippen molar-refractivity contribution in [1.29, 1.82) is 0 Å².